The molecular formula is C21H24ClN3O5. The summed E-state index contributed by atoms with van der Waals surface area (Å²) in [5, 5.41) is 3.25. The molecule has 8 nitrogen and oxygen atoms in total. The van der Waals surface area contributed by atoms with Crippen molar-refractivity contribution in [1.29, 1.82) is 0 Å². The SMILES string of the molecule is COCCOc1ccc(C(=O)NNC(=O)CCC(=O)Nc2cccc(Cl)c2C)cc1. The Bertz CT molecular complexity index is 887. The fraction of sp³-hybridized carbons (Fsp3) is 0.286. The van der Waals surface area contributed by atoms with Crippen LogP contribution in [0.25, 0.3) is 0 Å². The molecule has 0 aliphatic heterocycles. The van der Waals surface area contributed by atoms with Gasteiger partial charge in [0.05, 0.1) is 6.61 Å². The second-order valence-electron chi connectivity index (χ2n) is 6.33. The van der Waals surface area contributed by atoms with Gasteiger partial charge in [0.25, 0.3) is 5.91 Å². The molecule has 0 radical (unpaired) electrons. The van der Waals surface area contributed by atoms with Gasteiger partial charge in [0.2, 0.25) is 11.8 Å². The highest BCUT2D eigenvalue weighted by Crippen LogP contribution is 2.23. The van der Waals surface area contributed by atoms with Gasteiger partial charge < -0.3 is 14.8 Å². The molecule has 160 valence electrons. The Hall–Kier alpha value is -3.10. The summed E-state index contributed by atoms with van der Waals surface area (Å²) >= 11 is 6.02. The molecule has 0 heterocycles. The van der Waals surface area contributed by atoms with E-state index in [1.54, 1.807) is 56.5 Å². The van der Waals surface area contributed by atoms with E-state index in [4.69, 9.17) is 21.1 Å². The van der Waals surface area contributed by atoms with Gasteiger partial charge in [0, 0.05) is 36.2 Å². The molecule has 2 aromatic rings. The smallest absolute Gasteiger partial charge is 0.269 e. The lowest BCUT2D eigenvalue weighted by Gasteiger charge is -2.10. The number of ether oxygens (including phenoxy) is 2. The number of carbonyl (C=O) groups is 3. The van der Waals surface area contributed by atoms with Gasteiger partial charge in [0.1, 0.15) is 12.4 Å². The van der Waals surface area contributed by atoms with Crippen LogP contribution in [0, 0.1) is 6.92 Å². The molecule has 3 N–H and O–H groups in total. The van der Waals surface area contributed by atoms with Crippen molar-refractivity contribution in [3.05, 3.63) is 58.6 Å². The lowest BCUT2D eigenvalue weighted by molar-refractivity contribution is -0.124. The Labute approximate surface area is 179 Å². The van der Waals surface area contributed by atoms with E-state index in [0.717, 1.165) is 5.56 Å². The van der Waals surface area contributed by atoms with Crippen molar-refractivity contribution >= 4 is 35.0 Å². The maximum Gasteiger partial charge on any atom is 0.269 e. The number of carbonyl (C=O) groups excluding carboxylic acids is 3. The first-order valence-electron chi connectivity index (χ1n) is 9.26. The first-order chi connectivity index (χ1) is 14.4. The van der Waals surface area contributed by atoms with Crippen LogP contribution in [-0.2, 0) is 14.3 Å². The van der Waals surface area contributed by atoms with Crippen LogP contribution in [0.1, 0.15) is 28.8 Å². The van der Waals surface area contributed by atoms with Crippen LogP contribution < -0.4 is 20.9 Å². The Kier molecular flexibility index (Phi) is 9.11. The van der Waals surface area contributed by atoms with Gasteiger partial charge in [-0.15, -0.1) is 0 Å². The van der Waals surface area contributed by atoms with E-state index in [2.05, 4.69) is 16.2 Å². The van der Waals surface area contributed by atoms with Gasteiger partial charge in [-0.1, -0.05) is 17.7 Å². The Morgan fingerprint density at radius 3 is 2.33 bits per heavy atom. The van der Waals surface area contributed by atoms with Crippen molar-refractivity contribution in [2.75, 3.05) is 25.6 Å². The molecule has 0 aliphatic carbocycles. The maximum atomic E-state index is 12.1. The quantitative estimate of drug-likeness (QED) is 0.416. The topological polar surface area (TPSA) is 106 Å². The monoisotopic (exact) mass is 433 g/mol. The Morgan fingerprint density at radius 1 is 0.933 bits per heavy atom. The molecule has 0 fully saturated rings. The van der Waals surface area contributed by atoms with Crippen LogP contribution >= 0.6 is 11.6 Å². The molecule has 0 saturated carbocycles. The van der Waals surface area contributed by atoms with Gasteiger partial charge in [-0.3, -0.25) is 25.2 Å². The molecule has 0 unspecified atom stereocenters. The third kappa shape index (κ3) is 7.38. The first-order valence-corrected chi connectivity index (χ1v) is 9.64. The summed E-state index contributed by atoms with van der Waals surface area (Å²) in [5.41, 5.74) is 6.30. The van der Waals surface area contributed by atoms with E-state index in [1.165, 1.54) is 0 Å². The average Bonchev–Trinajstić information content (AvgIpc) is 2.74. The van der Waals surface area contributed by atoms with E-state index >= 15 is 0 Å². The Balaban J connectivity index is 1.72. The van der Waals surface area contributed by atoms with Gasteiger partial charge in [-0.2, -0.15) is 0 Å². The molecular weight excluding hydrogens is 410 g/mol. The van der Waals surface area contributed by atoms with Crippen molar-refractivity contribution < 1.29 is 23.9 Å². The minimum absolute atomic E-state index is 0.0405. The van der Waals surface area contributed by atoms with E-state index in [0.29, 0.717) is 35.2 Å². The van der Waals surface area contributed by atoms with Crippen LogP contribution in [-0.4, -0.2) is 38.0 Å². The van der Waals surface area contributed by atoms with Crippen LogP contribution in [0.2, 0.25) is 5.02 Å². The zero-order valence-corrected chi connectivity index (χ0v) is 17.5. The minimum atomic E-state index is -0.485. The van der Waals surface area contributed by atoms with Crippen LogP contribution in [0.5, 0.6) is 5.75 Å². The molecule has 30 heavy (non-hydrogen) atoms. The highest BCUT2D eigenvalue weighted by molar-refractivity contribution is 6.31. The van der Waals surface area contributed by atoms with Gasteiger partial charge >= 0.3 is 0 Å². The van der Waals surface area contributed by atoms with Crippen LogP contribution in [0.15, 0.2) is 42.5 Å². The minimum Gasteiger partial charge on any atom is -0.491 e. The van der Waals surface area contributed by atoms with E-state index in [1.807, 2.05) is 0 Å². The number of methoxy groups -OCH3 is 1. The fourth-order valence-electron chi connectivity index (χ4n) is 2.39. The number of anilines is 1. The summed E-state index contributed by atoms with van der Waals surface area (Å²) in [6.07, 6.45) is -0.126. The lowest BCUT2D eigenvalue weighted by atomic mass is 10.2. The van der Waals surface area contributed by atoms with Crippen molar-refractivity contribution in [3.63, 3.8) is 0 Å². The van der Waals surface area contributed by atoms with Crippen molar-refractivity contribution in [2.45, 2.75) is 19.8 Å². The summed E-state index contributed by atoms with van der Waals surface area (Å²) in [6, 6.07) is 11.6. The highest BCUT2D eigenvalue weighted by Gasteiger charge is 2.11. The van der Waals surface area contributed by atoms with Crippen LogP contribution in [0.4, 0.5) is 5.69 Å². The predicted molar refractivity (Wildman–Crippen MR) is 113 cm³/mol. The molecule has 0 bridgehead atoms. The predicted octanol–water partition coefficient (Wildman–Crippen LogP) is 2.85. The number of amides is 3. The molecule has 0 aromatic heterocycles. The molecule has 0 spiro atoms. The van der Waals surface area contributed by atoms with Crippen molar-refractivity contribution in [3.8, 4) is 5.75 Å². The maximum absolute atomic E-state index is 12.1. The van der Waals surface area contributed by atoms with E-state index < -0.39 is 11.8 Å². The van der Waals surface area contributed by atoms with Gasteiger partial charge in [-0.05, 0) is 48.9 Å². The second-order valence-corrected chi connectivity index (χ2v) is 6.74. The lowest BCUT2D eigenvalue weighted by Crippen LogP contribution is -2.41. The molecule has 2 aromatic carbocycles. The number of hydrazine groups is 1. The summed E-state index contributed by atoms with van der Waals surface area (Å²) in [4.78, 5) is 36.0. The van der Waals surface area contributed by atoms with Gasteiger partial charge in [0.15, 0.2) is 0 Å². The second kappa shape index (κ2) is 11.8. The fourth-order valence-corrected chi connectivity index (χ4v) is 2.56. The summed E-state index contributed by atoms with van der Waals surface area (Å²) in [7, 11) is 1.58. The number of benzene rings is 2. The zero-order valence-electron chi connectivity index (χ0n) is 16.8. The summed E-state index contributed by atoms with van der Waals surface area (Å²) in [5.74, 6) is -0.689. The third-order valence-electron chi connectivity index (χ3n) is 4.11. The molecule has 3 amide bonds. The third-order valence-corrected chi connectivity index (χ3v) is 4.52. The summed E-state index contributed by atoms with van der Waals surface area (Å²) in [6.45, 7) is 2.66. The van der Waals surface area contributed by atoms with Crippen molar-refractivity contribution in [1.82, 2.24) is 10.9 Å². The normalized spacial score (nSPS) is 10.2. The molecule has 9 heteroatoms. The molecule has 0 aliphatic rings. The van der Waals surface area contributed by atoms with E-state index in [9.17, 15) is 14.4 Å². The highest BCUT2D eigenvalue weighted by atomic mass is 35.5. The van der Waals surface area contributed by atoms with Crippen LogP contribution in [0.3, 0.4) is 0 Å². The molecule has 0 saturated heterocycles. The average molecular weight is 434 g/mol. The summed E-state index contributed by atoms with van der Waals surface area (Å²) < 4.78 is 10.3. The van der Waals surface area contributed by atoms with Gasteiger partial charge in [-0.25, -0.2) is 0 Å². The Morgan fingerprint density at radius 2 is 1.63 bits per heavy atom. The number of rotatable bonds is 9. The van der Waals surface area contributed by atoms with E-state index in [-0.39, 0.29) is 18.7 Å². The standard InChI is InChI=1S/C21H24ClN3O5/c1-14-17(22)4-3-5-18(14)23-19(26)10-11-20(27)24-25-21(28)15-6-8-16(9-7-15)30-13-12-29-2/h3-9H,10-13H2,1-2H3,(H,23,26)(H,24,27)(H,25,28). The number of halogens is 1. The molecule has 0 atom stereocenters. The number of nitrogens with one attached hydrogen (secondary N) is 3. The molecule has 2 rings (SSSR count). The number of hydrogen-bond acceptors (Lipinski definition) is 5. The largest absolute Gasteiger partial charge is 0.491 e. The number of hydrogen-bond donors (Lipinski definition) is 3. The first kappa shape index (κ1) is 23.2. The van der Waals surface area contributed by atoms with Crippen molar-refractivity contribution in [2.24, 2.45) is 0 Å². The zero-order chi connectivity index (χ0) is 21.9.